The van der Waals surface area contributed by atoms with E-state index in [2.05, 4.69) is 61.9 Å². The van der Waals surface area contributed by atoms with E-state index in [1.54, 1.807) is 0 Å². The van der Waals surface area contributed by atoms with Gasteiger partial charge in [0, 0.05) is 19.6 Å². The molecular formula is C20H32N2O. The first-order valence-electron chi connectivity index (χ1n) is 8.60. The second-order valence-corrected chi connectivity index (χ2v) is 6.90. The average Bonchev–Trinajstić information content (AvgIpc) is 2.50. The number of benzene rings is 1. The van der Waals surface area contributed by atoms with Gasteiger partial charge in [-0.15, -0.1) is 0 Å². The van der Waals surface area contributed by atoms with Gasteiger partial charge >= 0.3 is 0 Å². The van der Waals surface area contributed by atoms with Crippen molar-refractivity contribution in [3.05, 3.63) is 35.9 Å². The molecular weight excluding hydrogens is 284 g/mol. The van der Waals surface area contributed by atoms with E-state index in [-0.39, 0.29) is 12.6 Å². The minimum absolute atomic E-state index is 0.0359. The first kappa shape index (κ1) is 19.7. The summed E-state index contributed by atoms with van der Waals surface area (Å²) in [6, 6.07) is 10.0. The summed E-state index contributed by atoms with van der Waals surface area (Å²) >= 11 is 0. The van der Waals surface area contributed by atoms with Crippen molar-refractivity contribution in [1.82, 2.24) is 10.2 Å². The Morgan fingerprint density at radius 3 is 2.17 bits per heavy atom. The van der Waals surface area contributed by atoms with Crippen LogP contribution in [0.25, 0.3) is 0 Å². The first-order chi connectivity index (χ1) is 11.0. The monoisotopic (exact) mass is 316 g/mol. The summed E-state index contributed by atoms with van der Waals surface area (Å²) in [7, 11) is 0. The molecule has 0 saturated carbocycles. The standard InChI is InChI=1S/C20H32N2O/c1-17(2)14-22(15-18(3)4)12-8-11-20(16-23)21-13-19-9-6-5-7-10-19/h5-7,9-10,17-18,20-21,23H,12-16H2,1-4H3/t20-/m1/s1. The minimum atomic E-state index is -0.171. The largest absolute Gasteiger partial charge is 0.394 e. The molecule has 1 rings (SSSR count). The van der Waals surface area contributed by atoms with Crippen molar-refractivity contribution in [2.24, 2.45) is 11.8 Å². The Morgan fingerprint density at radius 2 is 1.65 bits per heavy atom. The molecule has 128 valence electrons. The van der Waals surface area contributed by atoms with Crippen LogP contribution in [0.5, 0.6) is 0 Å². The summed E-state index contributed by atoms with van der Waals surface area (Å²) in [4.78, 5) is 2.40. The lowest BCUT2D eigenvalue weighted by Crippen LogP contribution is -2.33. The van der Waals surface area contributed by atoms with Crippen LogP contribution in [0.3, 0.4) is 0 Å². The van der Waals surface area contributed by atoms with E-state index in [4.69, 9.17) is 0 Å². The van der Waals surface area contributed by atoms with Gasteiger partial charge in [0.2, 0.25) is 0 Å². The molecule has 0 heterocycles. The Bertz CT molecular complexity index is 463. The third kappa shape index (κ3) is 9.40. The van der Waals surface area contributed by atoms with E-state index >= 15 is 0 Å². The van der Waals surface area contributed by atoms with Gasteiger partial charge in [0.25, 0.3) is 0 Å². The molecule has 0 fully saturated rings. The highest BCUT2D eigenvalue weighted by molar-refractivity contribution is 5.16. The fourth-order valence-electron chi connectivity index (χ4n) is 2.52. The minimum Gasteiger partial charge on any atom is -0.394 e. The molecule has 0 amide bonds. The van der Waals surface area contributed by atoms with E-state index in [9.17, 15) is 5.11 Å². The van der Waals surface area contributed by atoms with E-state index in [0.717, 1.165) is 26.2 Å². The molecule has 3 nitrogen and oxygen atoms in total. The normalized spacial score (nSPS) is 12.5. The zero-order chi connectivity index (χ0) is 17.1. The maximum atomic E-state index is 9.48. The van der Waals surface area contributed by atoms with Gasteiger partial charge in [-0.3, -0.25) is 10.2 Å². The van der Waals surface area contributed by atoms with E-state index in [1.165, 1.54) is 5.56 Å². The van der Waals surface area contributed by atoms with Crippen LogP contribution in [-0.2, 0) is 6.54 Å². The van der Waals surface area contributed by atoms with Gasteiger partial charge in [-0.25, -0.2) is 0 Å². The molecule has 0 aliphatic rings. The van der Waals surface area contributed by atoms with Crippen LogP contribution < -0.4 is 5.32 Å². The Kier molecular flexibility index (Phi) is 9.63. The quantitative estimate of drug-likeness (QED) is 0.688. The van der Waals surface area contributed by atoms with Gasteiger partial charge < -0.3 is 5.11 Å². The number of nitrogens with one attached hydrogen (secondary N) is 1. The van der Waals surface area contributed by atoms with Gasteiger partial charge in [-0.2, -0.15) is 0 Å². The third-order valence-electron chi connectivity index (χ3n) is 3.40. The predicted octanol–water partition coefficient (Wildman–Crippen LogP) is 2.75. The van der Waals surface area contributed by atoms with Crippen molar-refractivity contribution in [2.45, 2.75) is 40.3 Å². The Balaban J connectivity index is 2.48. The highest BCUT2D eigenvalue weighted by Gasteiger charge is 2.08. The van der Waals surface area contributed by atoms with Crippen LogP contribution in [0.15, 0.2) is 30.3 Å². The fourth-order valence-corrected chi connectivity index (χ4v) is 2.52. The van der Waals surface area contributed by atoms with Crippen molar-refractivity contribution in [3.63, 3.8) is 0 Å². The zero-order valence-corrected chi connectivity index (χ0v) is 15.0. The average molecular weight is 316 g/mol. The molecule has 0 spiro atoms. The molecule has 0 aromatic heterocycles. The summed E-state index contributed by atoms with van der Waals surface area (Å²) in [6.45, 7) is 12.6. The molecule has 0 bridgehead atoms. The predicted molar refractivity (Wildman–Crippen MR) is 98.0 cm³/mol. The van der Waals surface area contributed by atoms with Crippen LogP contribution in [0.2, 0.25) is 0 Å². The molecule has 3 heteroatoms. The Hall–Kier alpha value is -1.34. The number of hydrogen-bond donors (Lipinski definition) is 2. The number of nitrogens with zero attached hydrogens (tertiary/aromatic N) is 1. The van der Waals surface area contributed by atoms with E-state index in [0.29, 0.717) is 11.8 Å². The van der Waals surface area contributed by atoms with Crippen molar-refractivity contribution in [2.75, 3.05) is 26.2 Å². The van der Waals surface area contributed by atoms with Crippen molar-refractivity contribution in [3.8, 4) is 11.8 Å². The van der Waals surface area contributed by atoms with Crippen molar-refractivity contribution in [1.29, 1.82) is 0 Å². The molecule has 1 atom stereocenters. The molecule has 1 aromatic rings. The third-order valence-corrected chi connectivity index (χ3v) is 3.40. The lowest BCUT2D eigenvalue weighted by molar-refractivity contribution is 0.243. The summed E-state index contributed by atoms with van der Waals surface area (Å²) in [5.41, 5.74) is 1.20. The fraction of sp³-hybridized carbons (Fsp3) is 0.600. The van der Waals surface area contributed by atoms with Crippen molar-refractivity contribution >= 4 is 0 Å². The second-order valence-electron chi connectivity index (χ2n) is 6.90. The number of aliphatic hydroxyl groups is 1. The van der Waals surface area contributed by atoms with Gasteiger partial charge in [-0.05, 0) is 17.4 Å². The zero-order valence-electron chi connectivity index (χ0n) is 15.0. The van der Waals surface area contributed by atoms with Crippen LogP contribution >= 0.6 is 0 Å². The van der Waals surface area contributed by atoms with E-state index < -0.39 is 0 Å². The smallest absolute Gasteiger partial charge is 0.0926 e. The molecule has 1 aromatic carbocycles. The molecule has 0 radical (unpaired) electrons. The molecule has 2 N–H and O–H groups in total. The Labute approximate surface area is 142 Å². The summed E-state index contributed by atoms with van der Waals surface area (Å²) < 4.78 is 0. The number of rotatable bonds is 9. The van der Waals surface area contributed by atoms with Crippen LogP contribution in [0, 0.1) is 23.7 Å². The molecule has 23 heavy (non-hydrogen) atoms. The number of aliphatic hydroxyl groups excluding tert-OH is 1. The van der Waals surface area contributed by atoms with Gasteiger partial charge in [0.1, 0.15) is 0 Å². The summed E-state index contributed by atoms with van der Waals surface area (Å²) in [5, 5.41) is 12.8. The highest BCUT2D eigenvalue weighted by Crippen LogP contribution is 2.03. The first-order valence-corrected chi connectivity index (χ1v) is 8.60. The van der Waals surface area contributed by atoms with Gasteiger partial charge in [0.05, 0.1) is 19.2 Å². The maximum Gasteiger partial charge on any atom is 0.0926 e. The van der Waals surface area contributed by atoms with Crippen molar-refractivity contribution < 1.29 is 5.11 Å². The van der Waals surface area contributed by atoms with Crippen LogP contribution in [-0.4, -0.2) is 42.3 Å². The molecule has 0 saturated heterocycles. The summed E-state index contributed by atoms with van der Waals surface area (Å²) in [5.74, 6) is 7.68. The van der Waals surface area contributed by atoms with Crippen LogP contribution in [0.4, 0.5) is 0 Å². The maximum absolute atomic E-state index is 9.48. The van der Waals surface area contributed by atoms with Gasteiger partial charge in [0.15, 0.2) is 0 Å². The molecule has 0 aliphatic heterocycles. The Morgan fingerprint density at radius 1 is 1.04 bits per heavy atom. The highest BCUT2D eigenvalue weighted by atomic mass is 16.3. The lowest BCUT2D eigenvalue weighted by atomic mass is 10.1. The van der Waals surface area contributed by atoms with E-state index in [1.807, 2.05) is 18.2 Å². The SMILES string of the molecule is CC(C)CN(CC#C[C@H](CO)NCc1ccccc1)CC(C)C. The van der Waals surface area contributed by atoms with Crippen LogP contribution in [0.1, 0.15) is 33.3 Å². The molecule has 0 aliphatic carbocycles. The number of hydrogen-bond acceptors (Lipinski definition) is 3. The molecule has 0 unspecified atom stereocenters. The second kappa shape index (κ2) is 11.2. The topological polar surface area (TPSA) is 35.5 Å². The lowest BCUT2D eigenvalue weighted by Gasteiger charge is -2.23. The summed E-state index contributed by atoms with van der Waals surface area (Å²) in [6.07, 6.45) is 0. The van der Waals surface area contributed by atoms with Gasteiger partial charge in [-0.1, -0.05) is 69.9 Å².